The first-order valence-corrected chi connectivity index (χ1v) is 9.89. The minimum absolute atomic E-state index is 0.221. The van der Waals surface area contributed by atoms with Crippen LogP contribution < -0.4 is 14.8 Å². The third-order valence-electron chi connectivity index (χ3n) is 4.00. The van der Waals surface area contributed by atoms with Crippen LogP contribution in [-0.4, -0.2) is 38.2 Å². The Labute approximate surface area is 180 Å². The van der Waals surface area contributed by atoms with Gasteiger partial charge in [-0.3, -0.25) is 10.1 Å². The lowest BCUT2D eigenvalue weighted by molar-refractivity contribution is 0.101. The summed E-state index contributed by atoms with van der Waals surface area (Å²) in [5.41, 5.74) is 1.75. The lowest BCUT2D eigenvalue weighted by Gasteiger charge is -2.09. The van der Waals surface area contributed by atoms with Gasteiger partial charge in [-0.1, -0.05) is 46.2 Å². The van der Waals surface area contributed by atoms with Gasteiger partial charge < -0.3 is 9.47 Å². The fourth-order valence-corrected chi connectivity index (χ4v) is 3.29. The van der Waals surface area contributed by atoms with Crippen LogP contribution in [0.15, 0.2) is 54.7 Å². The summed E-state index contributed by atoms with van der Waals surface area (Å²) in [6, 6.07) is 14.5. The molecule has 4 rings (SSSR count). The average Bonchev–Trinajstić information content (AvgIpc) is 3.43. The lowest BCUT2D eigenvalue weighted by atomic mass is 10.2. The molecule has 0 unspecified atom stereocenters. The lowest BCUT2D eigenvalue weighted by Crippen LogP contribution is -2.17. The maximum absolute atomic E-state index is 12.7. The number of para-hydroxylation sites is 2. The molecule has 0 fully saturated rings. The van der Waals surface area contributed by atoms with E-state index in [1.54, 1.807) is 31.4 Å². The van der Waals surface area contributed by atoms with E-state index in [2.05, 4.69) is 25.8 Å². The number of aromatic nitrogens is 5. The Morgan fingerprint density at radius 2 is 1.97 bits per heavy atom. The molecule has 0 aliphatic heterocycles. The molecule has 1 amide bonds. The van der Waals surface area contributed by atoms with Crippen LogP contribution in [0.5, 0.6) is 10.9 Å². The number of ether oxygens (including phenoxy) is 2. The van der Waals surface area contributed by atoms with E-state index in [1.165, 1.54) is 10.9 Å². The number of benzene rings is 2. The van der Waals surface area contributed by atoms with E-state index >= 15 is 0 Å². The average molecular weight is 443 g/mol. The standard InChI is InChI=1S/C19H15ClN6O3S/c1-28-16-5-3-2-4-14(16)26-15(10-21-25-26)17(27)22-18-23-24-19(30-18)29-11-12-6-8-13(20)9-7-12/h2-10H,11H2,1H3,(H,22,23,27). The Balaban J connectivity index is 1.44. The second-order valence-electron chi connectivity index (χ2n) is 5.95. The largest absolute Gasteiger partial charge is 0.494 e. The van der Waals surface area contributed by atoms with Gasteiger partial charge in [0, 0.05) is 5.02 Å². The molecule has 0 saturated heterocycles. The molecule has 2 aromatic heterocycles. The second-order valence-corrected chi connectivity index (χ2v) is 7.32. The summed E-state index contributed by atoms with van der Waals surface area (Å²) in [4.78, 5) is 12.7. The van der Waals surface area contributed by atoms with Crippen molar-refractivity contribution in [3.8, 4) is 16.6 Å². The first-order chi connectivity index (χ1) is 14.6. The predicted octanol–water partition coefficient (Wildman–Crippen LogP) is 3.61. The Morgan fingerprint density at radius 1 is 1.17 bits per heavy atom. The van der Waals surface area contributed by atoms with Gasteiger partial charge in [-0.15, -0.1) is 10.2 Å². The van der Waals surface area contributed by atoms with Gasteiger partial charge in [-0.25, -0.2) is 4.68 Å². The molecule has 0 aliphatic carbocycles. The van der Waals surface area contributed by atoms with E-state index in [1.807, 2.05) is 24.3 Å². The van der Waals surface area contributed by atoms with Gasteiger partial charge in [0.15, 0.2) is 5.69 Å². The monoisotopic (exact) mass is 442 g/mol. The molecule has 4 aromatic rings. The molecule has 0 aliphatic rings. The van der Waals surface area contributed by atoms with E-state index in [9.17, 15) is 4.79 Å². The molecule has 0 radical (unpaired) electrons. The number of amides is 1. The maximum atomic E-state index is 12.7. The molecule has 0 saturated carbocycles. The number of methoxy groups -OCH3 is 1. The third kappa shape index (κ3) is 4.39. The van der Waals surface area contributed by atoms with Gasteiger partial charge >= 0.3 is 0 Å². The zero-order chi connectivity index (χ0) is 20.9. The minimum atomic E-state index is -0.439. The number of anilines is 1. The van der Waals surface area contributed by atoms with E-state index in [0.29, 0.717) is 33.4 Å². The van der Waals surface area contributed by atoms with Gasteiger partial charge in [0.2, 0.25) is 5.13 Å². The van der Waals surface area contributed by atoms with Crippen molar-refractivity contribution in [3.63, 3.8) is 0 Å². The third-order valence-corrected chi connectivity index (χ3v) is 5.00. The van der Waals surface area contributed by atoms with Crippen LogP contribution in [0.3, 0.4) is 0 Å². The molecular weight excluding hydrogens is 428 g/mol. The number of hydrogen-bond acceptors (Lipinski definition) is 8. The van der Waals surface area contributed by atoms with Crippen LogP contribution in [0.2, 0.25) is 5.02 Å². The number of carbonyl (C=O) groups is 1. The van der Waals surface area contributed by atoms with Gasteiger partial charge in [0.1, 0.15) is 18.0 Å². The number of hydrogen-bond donors (Lipinski definition) is 1. The normalized spacial score (nSPS) is 10.6. The van der Waals surface area contributed by atoms with Crippen LogP contribution in [-0.2, 0) is 6.61 Å². The number of nitrogens with one attached hydrogen (secondary N) is 1. The summed E-state index contributed by atoms with van der Waals surface area (Å²) in [5.74, 6) is 0.122. The molecule has 2 heterocycles. The first kappa shape index (κ1) is 19.8. The van der Waals surface area contributed by atoms with E-state index in [0.717, 1.165) is 16.9 Å². The number of halogens is 1. The van der Waals surface area contributed by atoms with Crippen LogP contribution in [0, 0.1) is 0 Å². The fourth-order valence-electron chi connectivity index (χ4n) is 2.58. The summed E-state index contributed by atoms with van der Waals surface area (Å²) >= 11 is 6.98. The molecule has 11 heteroatoms. The van der Waals surface area contributed by atoms with E-state index in [-0.39, 0.29) is 5.69 Å². The van der Waals surface area contributed by atoms with Crippen LogP contribution >= 0.6 is 22.9 Å². The first-order valence-electron chi connectivity index (χ1n) is 8.70. The highest BCUT2D eigenvalue weighted by Crippen LogP contribution is 2.25. The van der Waals surface area contributed by atoms with Crippen molar-refractivity contribution < 1.29 is 14.3 Å². The summed E-state index contributed by atoms with van der Waals surface area (Å²) < 4.78 is 12.3. The number of nitrogens with zero attached hydrogens (tertiary/aromatic N) is 5. The summed E-state index contributed by atoms with van der Waals surface area (Å²) in [5, 5.41) is 19.7. The van der Waals surface area contributed by atoms with Gasteiger partial charge in [-0.05, 0) is 41.2 Å². The Bertz CT molecular complexity index is 1160. The van der Waals surface area contributed by atoms with Crippen molar-refractivity contribution in [2.45, 2.75) is 6.61 Å². The Kier molecular flexibility index (Phi) is 5.87. The van der Waals surface area contributed by atoms with Gasteiger partial charge in [-0.2, -0.15) is 0 Å². The summed E-state index contributed by atoms with van der Waals surface area (Å²) in [6.07, 6.45) is 1.36. The molecule has 0 spiro atoms. The van der Waals surface area contributed by atoms with Gasteiger partial charge in [0.05, 0.1) is 13.3 Å². The Morgan fingerprint density at radius 3 is 2.77 bits per heavy atom. The molecule has 0 atom stereocenters. The molecule has 0 bridgehead atoms. The highest BCUT2D eigenvalue weighted by Gasteiger charge is 2.19. The van der Waals surface area contributed by atoms with Crippen molar-refractivity contribution in [2.24, 2.45) is 0 Å². The van der Waals surface area contributed by atoms with E-state index < -0.39 is 5.91 Å². The topological polar surface area (TPSA) is 104 Å². The van der Waals surface area contributed by atoms with E-state index in [4.69, 9.17) is 21.1 Å². The summed E-state index contributed by atoms with van der Waals surface area (Å²) in [6.45, 7) is 0.310. The van der Waals surface area contributed by atoms with Crippen molar-refractivity contribution >= 4 is 34.0 Å². The zero-order valence-electron chi connectivity index (χ0n) is 15.7. The highest BCUT2D eigenvalue weighted by molar-refractivity contribution is 7.17. The molecule has 30 heavy (non-hydrogen) atoms. The van der Waals surface area contributed by atoms with Crippen molar-refractivity contribution in [1.82, 2.24) is 25.2 Å². The second kappa shape index (κ2) is 8.89. The maximum Gasteiger partial charge on any atom is 0.296 e. The van der Waals surface area contributed by atoms with Crippen LogP contribution in [0.1, 0.15) is 16.1 Å². The molecule has 152 valence electrons. The van der Waals surface area contributed by atoms with Crippen molar-refractivity contribution in [1.29, 1.82) is 0 Å². The highest BCUT2D eigenvalue weighted by atomic mass is 35.5. The predicted molar refractivity (Wildman–Crippen MR) is 112 cm³/mol. The molecule has 1 N–H and O–H groups in total. The van der Waals surface area contributed by atoms with Crippen LogP contribution in [0.4, 0.5) is 5.13 Å². The smallest absolute Gasteiger partial charge is 0.296 e. The molecule has 9 nitrogen and oxygen atoms in total. The van der Waals surface area contributed by atoms with Gasteiger partial charge in [0.25, 0.3) is 11.1 Å². The zero-order valence-corrected chi connectivity index (χ0v) is 17.2. The quantitative estimate of drug-likeness (QED) is 0.466. The SMILES string of the molecule is COc1ccccc1-n1nncc1C(=O)Nc1nnc(OCc2ccc(Cl)cc2)s1. The summed E-state index contributed by atoms with van der Waals surface area (Å²) in [7, 11) is 1.54. The number of carbonyl (C=O) groups excluding carboxylic acids is 1. The van der Waals surface area contributed by atoms with Crippen LogP contribution in [0.25, 0.3) is 5.69 Å². The van der Waals surface area contributed by atoms with Crippen molar-refractivity contribution in [3.05, 3.63) is 71.0 Å². The molecule has 2 aromatic carbocycles. The number of rotatable bonds is 7. The van der Waals surface area contributed by atoms with Crippen molar-refractivity contribution in [2.75, 3.05) is 12.4 Å². The Hall–Kier alpha value is -3.50. The minimum Gasteiger partial charge on any atom is -0.494 e. The fraction of sp³-hybridized carbons (Fsp3) is 0.105. The molecular formula is C19H15ClN6O3S.